The molecule has 2 aromatic carbocycles. The molecule has 7 nitrogen and oxygen atoms in total. The molecule has 1 heterocycles. The first-order valence-corrected chi connectivity index (χ1v) is 11.1. The number of nitrogens with one attached hydrogen (secondary N) is 1. The smallest absolute Gasteiger partial charge is 0.407 e. The lowest BCUT2D eigenvalue weighted by Gasteiger charge is -2.38. The maximum absolute atomic E-state index is 12.5. The number of carbonyl (C=O) groups excluding carboxylic acids is 2. The highest BCUT2D eigenvalue weighted by Crippen LogP contribution is 2.44. The van der Waals surface area contributed by atoms with E-state index >= 15 is 0 Å². The van der Waals surface area contributed by atoms with Crippen molar-refractivity contribution in [2.24, 2.45) is 0 Å². The van der Waals surface area contributed by atoms with Gasteiger partial charge in [0.2, 0.25) is 5.91 Å². The predicted molar refractivity (Wildman–Crippen MR) is 119 cm³/mol. The van der Waals surface area contributed by atoms with Gasteiger partial charge in [0, 0.05) is 24.9 Å². The molecule has 7 heteroatoms. The summed E-state index contributed by atoms with van der Waals surface area (Å²) in [5.74, 6) is -1.15. The lowest BCUT2D eigenvalue weighted by atomic mass is 9.98. The molecular formula is C25H28N2O5. The standard InChI is InChI=1S/C25H28N2O5/c1-2-16(11-12-23(28)27-14-13-22(27)24(29)30)26-25(31)32-15-21-19-9-5-3-7-17(19)18-8-4-6-10-20(18)21/h3-10,16,21-22H,2,11-15H2,1H3,(H,26,31)(H,29,30). The second-order valence-electron chi connectivity index (χ2n) is 8.34. The second kappa shape index (κ2) is 9.42. The fourth-order valence-corrected chi connectivity index (χ4v) is 4.57. The number of rotatable bonds is 8. The van der Waals surface area contributed by atoms with E-state index in [2.05, 4.69) is 29.6 Å². The molecule has 1 fully saturated rings. The first kappa shape index (κ1) is 21.9. The third-order valence-corrected chi connectivity index (χ3v) is 6.49. The molecule has 1 saturated heterocycles. The summed E-state index contributed by atoms with van der Waals surface area (Å²) >= 11 is 0. The van der Waals surface area contributed by atoms with Crippen molar-refractivity contribution < 1.29 is 24.2 Å². The van der Waals surface area contributed by atoms with E-state index in [9.17, 15) is 14.4 Å². The van der Waals surface area contributed by atoms with E-state index in [4.69, 9.17) is 9.84 Å². The lowest BCUT2D eigenvalue weighted by Crippen LogP contribution is -2.55. The highest BCUT2D eigenvalue weighted by molar-refractivity contribution is 5.85. The predicted octanol–water partition coefficient (Wildman–Crippen LogP) is 3.77. The number of likely N-dealkylation sites (tertiary alicyclic amines) is 1. The van der Waals surface area contributed by atoms with Crippen LogP contribution < -0.4 is 5.32 Å². The topological polar surface area (TPSA) is 95.9 Å². The fraction of sp³-hybridized carbons (Fsp3) is 0.400. The molecule has 4 rings (SSSR count). The Morgan fingerprint density at radius 2 is 1.72 bits per heavy atom. The van der Waals surface area contributed by atoms with Crippen molar-refractivity contribution in [1.82, 2.24) is 10.2 Å². The Morgan fingerprint density at radius 3 is 2.25 bits per heavy atom. The van der Waals surface area contributed by atoms with Crippen LogP contribution in [0.5, 0.6) is 0 Å². The highest BCUT2D eigenvalue weighted by Gasteiger charge is 2.37. The summed E-state index contributed by atoms with van der Waals surface area (Å²) in [6, 6.07) is 15.4. The van der Waals surface area contributed by atoms with Crippen molar-refractivity contribution in [1.29, 1.82) is 0 Å². The van der Waals surface area contributed by atoms with E-state index in [1.165, 1.54) is 16.0 Å². The quantitative estimate of drug-likeness (QED) is 0.657. The zero-order valence-corrected chi connectivity index (χ0v) is 18.1. The van der Waals surface area contributed by atoms with E-state index in [-0.39, 0.29) is 30.9 Å². The van der Waals surface area contributed by atoms with Crippen LogP contribution in [0.1, 0.15) is 49.7 Å². The summed E-state index contributed by atoms with van der Waals surface area (Å²) in [6.07, 6.45) is 1.29. The average Bonchev–Trinajstić information content (AvgIpc) is 3.08. The van der Waals surface area contributed by atoms with Crippen LogP contribution in [0.25, 0.3) is 11.1 Å². The SMILES string of the molecule is CCC(CCC(=O)N1CCC1C(=O)O)NC(=O)OCC1c2ccccc2-c2ccccc21. The Hall–Kier alpha value is -3.35. The number of carboxylic acid groups (broad SMARTS) is 1. The van der Waals surface area contributed by atoms with Gasteiger partial charge in [-0.15, -0.1) is 0 Å². The van der Waals surface area contributed by atoms with Crippen molar-refractivity contribution in [3.8, 4) is 11.1 Å². The number of ether oxygens (including phenoxy) is 1. The van der Waals surface area contributed by atoms with Gasteiger partial charge in [-0.1, -0.05) is 55.5 Å². The minimum Gasteiger partial charge on any atom is -0.480 e. The third kappa shape index (κ3) is 4.33. The zero-order valence-electron chi connectivity index (χ0n) is 18.1. The summed E-state index contributed by atoms with van der Waals surface area (Å²) in [7, 11) is 0. The molecule has 168 valence electrons. The van der Waals surface area contributed by atoms with Gasteiger partial charge in [-0.3, -0.25) is 4.79 Å². The van der Waals surface area contributed by atoms with E-state index in [0.29, 0.717) is 25.8 Å². The van der Waals surface area contributed by atoms with Gasteiger partial charge in [-0.25, -0.2) is 9.59 Å². The molecule has 2 unspecified atom stereocenters. The molecule has 2 amide bonds. The van der Waals surface area contributed by atoms with Crippen molar-refractivity contribution >= 4 is 18.0 Å². The monoisotopic (exact) mass is 436 g/mol. The first-order chi connectivity index (χ1) is 15.5. The molecular weight excluding hydrogens is 408 g/mol. The van der Waals surface area contributed by atoms with Crippen molar-refractivity contribution in [2.75, 3.05) is 13.2 Å². The number of carboxylic acids is 1. The minimum absolute atomic E-state index is 0.00540. The molecule has 0 saturated carbocycles. The minimum atomic E-state index is -0.964. The number of benzene rings is 2. The molecule has 2 N–H and O–H groups in total. The maximum Gasteiger partial charge on any atom is 0.407 e. The normalized spacial score (nSPS) is 17.7. The van der Waals surface area contributed by atoms with E-state index < -0.39 is 18.1 Å². The Morgan fingerprint density at radius 1 is 1.09 bits per heavy atom. The van der Waals surface area contributed by atoms with Crippen LogP contribution in [0.2, 0.25) is 0 Å². The van der Waals surface area contributed by atoms with Gasteiger partial charge >= 0.3 is 12.1 Å². The van der Waals surface area contributed by atoms with Crippen molar-refractivity contribution in [3.63, 3.8) is 0 Å². The Kier molecular flexibility index (Phi) is 6.44. The van der Waals surface area contributed by atoms with E-state index in [1.807, 2.05) is 31.2 Å². The summed E-state index contributed by atoms with van der Waals surface area (Å²) < 4.78 is 5.58. The van der Waals surface area contributed by atoms with Gasteiger partial charge in [0.15, 0.2) is 0 Å². The molecule has 0 radical (unpaired) electrons. The van der Waals surface area contributed by atoms with Gasteiger partial charge in [-0.05, 0) is 41.5 Å². The second-order valence-corrected chi connectivity index (χ2v) is 8.34. The molecule has 2 aliphatic rings. The number of carbonyl (C=O) groups is 3. The van der Waals surface area contributed by atoms with Crippen LogP contribution in [0, 0.1) is 0 Å². The van der Waals surface area contributed by atoms with Crippen LogP contribution in [0.4, 0.5) is 4.79 Å². The number of hydrogen-bond acceptors (Lipinski definition) is 4. The van der Waals surface area contributed by atoms with Gasteiger partial charge in [-0.2, -0.15) is 0 Å². The average molecular weight is 437 g/mol. The summed E-state index contributed by atoms with van der Waals surface area (Å²) in [4.78, 5) is 37.3. The lowest BCUT2D eigenvalue weighted by molar-refractivity contribution is -0.157. The Bertz CT molecular complexity index is 975. The van der Waals surface area contributed by atoms with Crippen molar-refractivity contribution in [3.05, 3.63) is 59.7 Å². The number of nitrogens with zero attached hydrogens (tertiary/aromatic N) is 1. The molecule has 0 spiro atoms. The van der Waals surface area contributed by atoms with E-state index in [1.54, 1.807) is 0 Å². The summed E-state index contributed by atoms with van der Waals surface area (Å²) in [5, 5.41) is 12.0. The Labute approximate surface area is 187 Å². The molecule has 0 bridgehead atoms. The molecule has 0 aromatic heterocycles. The summed E-state index contributed by atoms with van der Waals surface area (Å²) in [5.41, 5.74) is 4.66. The van der Waals surface area contributed by atoms with E-state index in [0.717, 1.165) is 11.1 Å². The van der Waals surface area contributed by atoms with Crippen LogP contribution in [0.3, 0.4) is 0 Å². The van der Waals surface area contributed by atoms with Gasteiger partial charge in [0.25, 0.3) is 0 Å². The number of amides is 2. The molecule has 1 aliphatic heterocycles. The van der Waals surface area contributed by atoms with Gasteiger partial charge in [0.1, 0.15) is 12.6 Å². The molecule has 32 heavy (non-hydrogen) atoms. The highest BCUT2D eigenvalue weighted by atomic mass is 16.5. The number of aliphatic carboxylic acids is 1. The number of hydrogen-bond donors (Lipinski definition) is 2. The van der Waals surface area contributed by atoms with Gasteiger partial charge < -0.3 is 20.1 Å². The first-order valence-electron chi connectivity index (χ1n) is 11.1. The number of fused-ring (bicyclic) bond motifs is 3. The van der Waals surface area contributed by atoms with Crippen LogP contribution in [0.15, 0.2) is 48.5 Å². The van der Waals surface area contributed by atoms with Crippen LogP contribution in [-0.2, 0) is 14.3 Å². The van der Waals surface area contributed by atoms with Crippen LogP contribution in [-0.4, -0.2) is 53.2 Å². The molecule has 2 atom stereocenters. The largest absolute Gasteiger partial charge is 0.480 e. The fourth-order valence-electron chi connectivity index (χ4n) is 4.57. The maximum atomic E-state index is 12.5. The zero-order chi connectivity index (χ0) is 22.7. The Balaban J connectivity index is 1.30. The number of alkyl carbamates (subject to hydrolysis) is 1. The summed E-state index contributed by atoms with van der Waals surface area (Å²) in [6.45, 7) is 2.65. The van der Waals surface area contributed by atoms with Crippen molar-refractivity contribution in [2.45, 2.75) is 50.6 Å². The molecule has 2 aromatic rings. The van der Waals surface area contributed by atoms with Gasteiger partial charge in [0.05, 0.1) is 0 Å². The molecule has 1 aliphatic carbocycles. The third-order valence-electron chi connectivity index (χ3n) is 6.49. The van der Waals surface area contributed by atoms with Crippen LogP contribution >= 0.6 is 0 Å².